The molecule has 0 N–H and O–H groups in total. The van der Waals surface area contributed by atoms with Crippen molar-refractivity contribution in [1.29, 1.82) is 0 Å². The summed E-state index contributed by atoms with van der Waals surface area (Å²) in [7, 11) is 0. The Hall–Kier alpha value is -4.34. The molecule has 0 radical (unpaired) electrons. The van der Waals surface area contributed by atoms with Crippen molar-refractivity contribution in [1.82, 2.24) is 0 Å². The molecule has 0 fully saturated rings. The highest BCUT2D eigenvalue weighted by Gasteiger charge is 2.47. The number of hydrogen-bond acceptors (Lipinski definition) is 0. The van der Waals surface area contributed by atoms with Gasteiger partial charge in [0, 0.05) is 11.1 Å². The first-order chi connectivity index (χ1) is 16.4. The van der Waals surface area contributed by atoms with Gasteiger partial charge in [0.05, 0.1) is 5.41 Å². The van der Waals surface area contributed by atoms with Crippen LogP contribution in [0.1, 0.15) is 33.4 Å². The molecule has 0 aliphatic heterocycles. The molecule has 0 amide bonds. The summed E-state index contributed by atoms with van der Waals surface area (Å²) in [5, 5.41) is 0. The monoisotopic (exact) mass is 418 g/mol. The van der Waals surface area contributed by atoms with Gasteiger partial charge in [-0.3, -0.25) is 0 Å². The number of hydrogen-bond donors (Lipinski definition) is 0. The predicted octanol–water partition coefficient (Wildman–Crippen LogP) is 7.45. The van der Waals surface area contributed by atoms with Gasteiger partial charge in [-0.15, -0.1) is 0 Å². The Morgan fingerprint density at radius 1 is 0.424 bits per heavy atom. The second-order valence-corrected chi connectivity index (χ2v) is 8.37. The van der Waals surface area contributed by atoms with Crippen LogP contribution < -0.4 is 0 Å². The van der Waals surface area contributed by atoms with Gasteiger partial charge in [0.2, 0.25) is 0 Å². The topological polar surface area (TPSA) is 0 Å². The lowest BCUT2D eigenvalue weighted by Gasteiger charge is -2.34. The maximum Gasteiger partial charge on any atom is 0.0725 e. The maximum atomic E-state index is 3.54. The first-order valence-electron chi connectivity index (χ1n) is 11.3. The molecule has 5 aromatic rings. The zero-order valence-corrected chi connectivity index (χ0v) is 18.2. The van der Waals surface area contributed by atoms with Crippen molar-refractivity contribution in [3.05, 3.63) is 167 Å². The van der Waals surface area contributed by atoms with E-state index in [9.17, 15) is 0 Å². The van der Waals surface area contributed by atoms with Crippen molar-refractivity contribution in [2.75, 3.05) is 0 Å². The third-order valence-corrected chi connectivity index (χ3v) is 6.59. The van der Waals surface area contributed by atoms with E-state index in [4.69, 9.17) is 0 Å². The molecule has 0 bridgehead atoms. The van der Waals surface area contributed by atoms with Gasteiger partial charge in [-0.2, -0.15) is 0 Å². The number of fused-ring (bicyclic) bond motifs is 3. The molecule has 154 valence electrons. The molecule has 0 nitrogen and oxygen atoms in total. The van der Waals surface area contributed by atoms with E-state index in [2.05, 4.69) is 127 Å². The minimum Gasteiger partial charge on any atom is -0.0622 e. The highest BCUT2D eigenvalue weighted by molar-refractivity contribution is 5.88. The zero-order valence-electron chi connectivity index (χ0n) is 18.2. The standard InChI is InChI=1S/C33H22/c1-4-13-25(14-5-1)23-24-26-15-12-21-30-29-20-10-11-22-31(29)33(32(26)30,27-16-6-2-7-17-27)28-18-8-3-9-19-28/h1-22H. The van der Waals surface area contributed by atoms with Crippen molar-refractivity contribution >= 4 is 0 Å². The average molecular weight is 419 g/mol. The molecule has 0 saturated heterocycles. The Bertz CT molecular complexity index is 1440. The van der Waals surface area contributed by atoms with E-state index < -0.39 is 5.41 Å². The van der Waals surface area contributed by atoms with Crippen molar-refractivity contribution in [3.8, 4) is 23.0 Å². The Morgan fingerprint density at radius 2 is 0.970 bits per heavy atom. The molecule has 0 heterocycles. The van der Waals surface area contributed by atoms with E-state index in [-0.39, 0.29) is 0 Å². The van der Waals surface area contributed by atoms with E-state index in [0.29, 0.717) is 0 Å². The summed E-state index contributed by atoms with van der Waals surface area (Å²) < 4.78 is 0. The van der Waals surface area contributed by atoms with Crippen LogP contribution in [0.5, 0.6) is 0 Å². The Balaban J connectivity index is 1.73. The van der Waals surface area contributed by atoms with E-state index in [1.807, 2.05) is 18.2 Å². The first-order valence-corrected chi connectivity index (χ1v) is 11.3. The van der Waals surface area contributed by atoms with Gasteiger partial charge in [0.25, 0.3) is 0 Å². The van der Waals surface area contributed by atoms with Gasteiger partial charge in [-0.25, -0.2) is 0 Å². The normalized spacial score (nSPS) is 12.8. The summed E-state index contributed by atoms with van der Waals surface area (Å²) in [6.07, 6.45) is 0. The van der Waals surface area contributed by atoms with Crippen LogP contribution in [-0.2, 0) is 5.41 Å². The first kappa shape index (κ1) is 19.4. The van der Waals surface area contributed by atoms with E-state index in [1.165, 1.54) is 33.4 Å². The van der Waals surface area contributed by atoms with Crippen LogP contribution in [0.3, 0.4) is 0 Å². The van der Waals surface area contributed by atoms with Gasteiger partial charge >= 0.3 is 0 Å². The fourth-order valence-corrected chi connectivity index (χ4v) is 5.27. The van der Waals surface area contributed by atoms with Crippen molar-refractivity contribution < 1.29 is 0 Å². The van der Waals surface area contributed by atoms with Gasteiger partial charge in [0.1, 0.15) is 0 Å². The summed E-state index contributed by atoms with van der Waals surface area (Å²) in [5.41, 5.74) is 9.32. The molecule has 6 rings (SSSR count). The van der Waals surface area contributed by atoms with Crippen LogP contribution in [0, 0.1) is 11.8 Å². The molecule has 5 aromatic carbocycles. The van der Waals surface area contributed by atoms with Crippen LogP contribution >= 0.6 is 0 Å². The lowest BCUT2D eigenvalue weighted by atomic mass is 9.66. The van der Waals surface area contributed by atoms with Crippen LogP contribution in [0.2, 0.25) is 0 Å². The fraction of sp³-hybridized carbons (Fsp3) is 0.0303. The maximum absolute atomic E-state index is 3.54. The summed E-state index contributed by atoms with van der Waals surface area (Å²) in [5.74, 6) is 6.95. The molecule has 1 aliphatic carbocycles. The largest absolute Gasteiger partial charge is 0.0725 e. The van der Waals surface area contributed by atoms with Crippen LogP contribution in [-0.4, -0.2) is 0 Å². The van der Waals surface area contributed by atoms with Gasteiger partial charge in [0.15, 0.2) is 0 Å². The molecule has 0 saturated carbocycles. The van der Waals surface area contributed by atoms with Crippen molar-refractivity contribution in [2.24, 2.45) is 0 Å². The molecule has 1 aliphatic rings. The van der Waals surface area contributed by atoms with Crippen LogP contribution in [0.4, 0.5) is 0 Å². The lowest BCUT2D eigenvalue weighted by Crippen LogP contribution is -2.29. The highest BCUT2D eigenvalue weighted by Crippen LogP contribution is 2.56. The van der Waals surface area contributed by atoms with E-state index in [1.54, 1.807) is 0 Å². The minimum atomic E-state index is -0.420. The van der Waals surface area contributed by atoms with Gasteiger partial charge in [-0.05, 0) is 51.6 Å². The van der Waals surface area contributed by atoms with Crippen molar-refractivity contribution in [3.63, 3.8) is 0 Å². The van der Waals surface area contributed by atoms with E-state index in [0.717, 1.165) is 11.1 Å². The Morgan fingerprint density at radius 3 is 1.64 bits per heavy atom. The van der Waals surface area contributed by atoms with Crippen molar-refractivity contribution in [2.45, 2.75) is 5.41 Å². The van der Waals surface area contributed by atoms with E-state index >= 15 is 0 Å². The zero-order chi connectivity index (χ0) is 22.1. The molecule has 0 spiro atoms. The van der Waals surface area contributed by atoms with Gasteiger partial charge in [-0.1, -0.05) is 127 Å². The molecule has 0 aromatic heterocycles. The molecular weight excluding hydrogens is 396 g/mol. The Kier molecular flexibility index (Phi) is 4.68. The summed E-state index contributed by atoms with van der Waals surface area (Å²) in [6, 6.07) is 47.3. The molecule has 0 atom stereocenters. The second-order valence-electron chi connectivity index (χ2n) is 8.37. The quantitative estimate of drug-likeness (QED) is 0.256. The summed E-state index contributed by atoms with van der Waals surface area (Å²) in [6.45, 7) is 0. The highest BCUT2D eigenvalue weighted by atomic mass is 14.5. The van der Waals surface area contributed by atoms with Crippen LogP contribution in [0.15, 0.2) is 133 Å². The number of benzene rings is 5. The summed E-state index contributed by atoms with van der Waals surface area (Å²) in [4.78, 5) is 0. The third kappa shape index (κ3) is 3.02. The molecular formula is C33H22. The SMILES string of the molecule is C(#Cc1cccc2c1C(c1ccccc1)(c1ccccc1)c1ccccc1-2)c1ccccc1. The lowest BCUT2D eigenvalue weighted by molar-refractivity contribution is 0.766. The Labute approximate surface area is 195 Å². The van der Waals surface area contributed by atoms with Gasteiger partial charge < -0.3 is 0 Å². The predicted molar refractivity (Wildman–Crippen MR) is 136 cm³/mol. The fourth-order valence-electron chi connectivity index (χ4n) is 5.27. The molecule has 0 heteroatoms. The minimum absolute atomic E-state index is 0.420. The third-order valence-electron chi connectivity index (χ3n) is 6.59. The smallest absolute Gasteiger partial charge is 0.0622 e. The average Bonchev–Trinajstić information content (AvgIpc) is 3.21. The molecule has 33 heavy (non-hydrogen) atoms. The van der Waals surface area contributed by atoms with Crippen LogP contribution in [0.25, 0.3) is 11.1 Å². The molecule has 0 unspecified atom stereocenters. The number of rotatable bonds is 2. The second kappa shape index (κ2) is 7.97. The summed E-state index contributed by atoms with van der Waals surface area (Å²) >= 11 is 0.